The van der Waals surface area contributed by atoms with Gasteiger partial charge in [-0.05, 0) is 29.8 Å². The van der Waals surface area contributed by atoms with E-state index in [1.807, 2.05) is 24.3 Å². The summed E-state index contributed by atoms with van der Waals surface area (Å²) in [7, 11) is -0.624. The summed E-state index contributed by atoms with van der Waals surface area (Å²) in [5.41, 5.74) is 0.263. The van der Waals surface area contributed by atoms with Crippen LogP contribution < -0.4 is 5.32 Å². The van der Waals surface area contributed by atoms with Crippen molar-refractivity contribution in [3.63, 3.8) is 0 Å². The number of nitrogens with one attached hydrogen (secondary N) is 1. The predicted octanol–water partition coefficient (Wildman–Crippen LogP) is 3.79. The number of amides is 1. The zero-order valence-corrected chi connectivity index (χ0v) is 18.1. The summed E-state index contributed by atoms with van der Waals surface area (Å²) >= 11 is 0. The molecule has 3 atom stereocenters. The first-order valence-electron chi connectivity index (χ1n) is 9.24. The predicted molar refractivity (Wildman–Crippen MR) is 105 cm³/mol. The van der Waals surface area contributed by atoms with Crippen molar-refractivity contribution < 1.29 is 23.5 Å². The Kier molecular flexibility index (Phi) is 4.57. The van der Waals surface area contributed by atoms with E-state index in [4.69, 9.17) is 13.9 Å². The molecule has 0 radical (unpaired) electrons. The van der Waals surface area contributed by atoms with Crippen molar-refractivity contribution in [3.8, 4) is 0 Å². The number of carbonyl (C=O) groups excluding carboxylic acids is 2. The Bertz CT molecular complexity index is 787. The van der Waals surface area contributed by atoms with Gasteiger partial charge in [0, 0.05) is 19.7 Å². The highest BCUT2D eigenvalue weighted by atomic mass is 28.4. The van der Waals surface area contributed by atoms with Crippen molar-refractivity contribution in [2.24, 2.45) is 0 Å². The molecule has 1 aliphatic carbocycles. The maximum atomic E-state index is 13.0. The minimum Gasteiger partial charge on any atom is -0.448 e. The molecule has 2 aliphatic rings. The average molecular weight is 392 g/mol. The van der Waals surface area contributed by atoms with Crippen LogP contribution in [0.25, 0.3) is 0 Å². The van der Waals surface area contributed by atoms with E-state index >= 15 is 0 Å². The number of hydrogen-bond acceptors (Lipinski definition) is 5. The van der Waals surface area contributed by atoms with Gasteiger partial charge in [0.2, 0.25) is 5.60 Å². The lowest BCUT2D eigenvalue weighted by Crippen LogP contribution is -2.75. The fourth-order valence-corrected chi connectivity index (χ4v) is 5.34. The summed E-state index contributed by atoms with van der Waals surface area (Å²) in [5.74, 6) is -2.34. The lowest BCUT2D eigenvalue weighted by atomic mass is 9.58. The first kappa shape index (κ1) is 20.0. The van der Waals surface area contributed by atoms with Crippen LogP contribution in [-0.4, -0.2) is 38.7 Å². The van der Waals surface area contributed by atoms with Crippen molar-refractivity contribution in [2.45, 2.75) is 69.6 Å². The molecule has 1 heterocycles. The minimum absolute atomic E-state index is 0.0331. The second-order valence-electron chi connectivity index (χ2n) is 9.01. The largest absolute Gasteiger partial charge is 0.448 e. The molecule has 1 amide bonds. The summed E-state index contributed by atoms with van der Waals surface area (Å²) in [6.45, 7) is 12.1. The molecule has 148 valence electrons. The third-order valence-corrected chi connectivity index (χ3v) is 10.7. The fraction of sp³-hybridized carbons (Fsp3) is 0.600. The second-order valence-corrected chi connectivity index (χ2v) is 13.7. The van der Waals surface area contributed by atoms with E-state index in [-0.39, 0.29) is 17.4 Å². The summed E-state index contributed by atoms with van der Waals surface area (Å²) in [4.78, 5) is 24.8. The Hall–Kier alpha value is -1.70. The van der Waals surface area contributed by atoms with Gasteiger partial charge in [-0.25, -0.2) is 0 Å². The zero-order valence-electron chi connectivity index (χ0n) is 17.1. The smallest absolute Gasteiger partial charge is 0.303 e. The molecule has 3 rings (SSSR count). The van der Waals surface area contributed by atoms with E-state index in [0.29, 0.717) is 5.69 Å². The summed E-state index contributed by atoms with van der Waals surface area (Å²) in [6, 6.07) is 7.54. The highest BCUT2D eigenvalue weighted by Crippen LogP contribution is 2.63. The van der Waals surface area contributed by atoms with E-state index in [9.17, 15) is 9.59 Å². The van der Waals surface area contributed by atoms with Crippen LogP contribution in [-0.2, 0) is 23.5 Å². The molecule has 0 aromatic heterocycles. The van der Waals surface area contributed by atoms with E-state index in [0.717, 1.165) is 5.56 Å². The quantitative estimate of drug-likeness (QED) is 0.480. The summed E-state index contributed by atoms with van der Waals surface area (Å²) in [5, 5.41) is 2.84. The number of para-hydroxylation sites is 1. The first-order chi connectivity index (χ1) is 12.4. The van der Waals surface area contributed by atoms with Crippen molar-refractivity contribution in [1.29, 1.82) is 0 Å². The molecule has 1 N–H and O–H groups in total. The Balaban J connectivity index is 2.12. The van der Waals surface area contributed by atoms with Gasteiger partial charge in [-0.1, -0.05) is 39.0 Å². The van der Waals surface area contributed by atoms with Crippen molar-refractivity contribution in [2.75, 3.05) is 12.4 Å². The highest BCUT2D eigenvalue weighted by Gasteiger charge is 2.75. The monoisotopic (exact) mass is 391 g/mol. The van der Waals surface area contributed by atoms with E-state index < -0.39 is 31.6 Å². The number of hydrogen-bond donors (Lipinski definition) is 1. The van der Waals surface area contributed by atoms with Crippen LogP contribution in [0.15, 0.2) is 24.3 Å². The lowest BCUT2D eigenvalue weighted by molar-refractivity contribution is -0.304. The Morgan fingerprint density at radius 1 is 1.26 bits per heavy atom. The third kappa shape index (κ3) is 2.92. The molecule has 6 nitrogen and oxygen atoms in total. The number of ether oxygens (including phenoxy) is 2. The van der Waals surface area contributed by atoms with Crippen molar-refractivity contribution in [3.05, 3.63) is 29.8 Å². The second kappa shape index (κ2) is 6.15. The molecule has 0 bridgehead atoms. The molecule has 1 aromatic rings. The number of esters is 1. The highest BCUT2D eigenvalue weighted by molar-refractivity contribution is 6.74. The van der Waals surface area contributed by atoms with Gasteiger partial charge in [0.15, 0.2) is 14.1 Å². The Morgan fingerprint density at radius 2 is 1.89 bits per heavy atom. The number of benzene rings is 1. The van der Waals surface area contributed by atoms with Crippen LogP contribution in [0.2, 0.25) is 18.1 Å². The van der Waals surface area contributed by atoms with Gasteiger partial charge < -0.3 is 19.2 Å². The average Bonchev–Trinajstić information content (AvgIpc) is 2.52. The van der Waals surface area contributed by atoms with Gasteiger partial charge >= 0.3 is 5.97 Å². The van der Waals surface area contributed by atoms with Crippen LogP contribution in [0.5, 0.6) is 0 Å². The summed E-state index contributed by atoms with van der Waals surface area (Å²) in [6.07, 6.45) is 0.174. The zero-order chi connectivity index (χ0) is 20.3. The molecular formula is C20H29NO5Si. The molecule has 7 heteroatoms. The Morgan fingerprint density at radius 3 is 2.44 bits per heavy atom. The van der Waals surface area contributed by atoms with Gasteiger partial charge in [0.05, 0.1) is 12.3 Å². The molecule has 1 unspecified atom stereocenters. The third-order valence-electron chi connectivity index (χ3n) is 6.22. The number of methoxy groups -OCH3 is 1. The minimum atomic E-state index is -2.22. The van der Waals surface area contributed by atoms with Crippen LogP contribution in [0, 0.1) is 0 Å². The molecule has 1 aromatic carbocycles. The normalized spacial score (nSPS) is 29.9. The van der Waals surface area contributed by atoms with Gasteiger partial charge in [-0.2, -0.15) is 0 Å². The number of fused-ring (bicyclic) bond motifs is 3. The van der Waals surface area contributed by atoms with Crippen LogP contribution in [0.1, 0.15) is 45.6 Å². The maximum absolute atomic E-state index is 13.0. The number of rotatable bonds is 4. The molecule has 0 spiro atoms. The maximum Gasteiger partial charge on any atom is 0.303 e. The van der Waals surface area contributed by atoms with Crippen molar-refractivity contribution >= 4 is 25.9 Å². The van der Waals surface area contributed by atoms with Gasteiger partial charge in [-0.15, -0.1) is 0 Å². The van der Waals surface area contributed by atoms with E-state index in [1.165, 1.54) is 6.92 Å². The summed E-state index contributed by atoms with van der Waals surface area (Å²) < 4.78 is 18.2. The molecule has 1 saturated carbocycles. The van der Waals surface area contributed by atoms with E-state index in [1.54, 1.807) is 7.11 Å². The van der Waals surface area contributed by atoms with Gasteiger partial charge in [-0.3, -0.25) is 9.59 Å². The van der Waals surface area contributed by atoms with Crippen LogP contribution >= 0.6 is 0 Å². The molecule has 27 heavy (non-hydrogen) atoms. The molecule has 1 fully saturated rings. The molecule has 0 saturated heterocycles. The number of anilines is 1. The molecule has 1 aliphatic heterocycles. The first-order valence-corrected chi connectivity index (χ1v) is 12.1. The Labute approximate surface area is 161 Å². The topological polar surface area (TPSA) is 73.9 Å². The SMILES string of the molecule is COC1(O[Si](C)(C)C(C)(C)C)C[C@@]2(OC(C)=O)C(=O)Nc3ccccc3[C@@H]12. The van der Waals surface area contributed by atoms with Crippen molar-refractivity contribution in [1.82, 2.24) is 0 Å². The fourth-order valence-electron chi connectivity index (χ4n) is 3.89. The van der Waals surface area contributed by atoms with Gasteiger partial charge in [0.1, 0.15) is 0 Å². The van der Waals surface area contributed by atoms with E-state index in [2.05, 4.69) is 39.2 Å². The standard InChI is InChI=1S/C20H29NO5Si/c1-13(22)25-19-12-20(24-5,26-27(6,7)18(2,3)4)16(19)14-10-8-9-11-15(14)21-17(19)23/h8-11,16H,12H2,1-7H3,(H,21,23)/t16-,19+,20?/m1/s1. The molecular weight excluding hydrogens is 362 g/mol. The van der Waals surface area contributed by atoms with Gasteiger partial charge in [0.25, 0.3) is 5.91 Å². The lowest BCUT2D eigenvalue weighted by Gasteiger charge is -2.62. The van der Waals surface area contributed by atoms with Crippen LogP contribution in [0.3, 0.4) is 0 Å². The number of carbonyl (C=O) groups is 2. The van der Waals surface area contributed by atoms with Crippen LogP contribution in [0.4, 0.5) is 5.69 Å².